The Kier molecular flexibility index (Phi) is 4.47. The van der Waals surface area contributed by atoms with Crippen molar-refractivity contribution >= 4 is 40.0 Å². The molecule has 24 heavy (non-hydrogen) atoms. The number of hydrogen-bond donors (Lipinski definition) is 1. The topological polar surface area (TPSA) is 46.9 Å². The highest BCUT2D eigenvalue weighted by Gasteiger charge is 2.22. The van der Waals surface area contributed by atoms with E-state index in [0.717, 1.165) is 16.5 Å². The Morgan fingerprint density at radius 3 is 2.71 bits per heavy atom. The monoisotopic (exact) mass is 365 g/mol. The van der Waals surface area contributed by atoms with Crippen LogP contribution in [0.2, 0.25) is 10.0 Å². The van der Waals surface area contributed by atoms with Crippen molar-refractivity contribution in [3.05, 3.63) is 63.8 Å². The number of pyridine rings is 1. The number of carbonyl (C=O) groups is 1. The molecule has 3 aromatic rings. The predicted molar refractivity (Wildman–Crippen MR) is 92.8 cm³/mol. The van der Waals surface area contributed by atoms with E-state index < -0.39 is 12.0 Å². The molecule has 0 spiro atoms. The van der Waals surface area contributed by atoms with Crippen LogP contribution in [0.3, 0.4) is 0 Å². The first-order valence-electron chi connectivity index (χ1n) is 7.20. The van der Waals surface area contributed by atoms with Crippen molar-refractivity contribution in [2.24, 2.45) is 7.05 Å². The molecule has 0 aliphatic rings. The van der Waals surface area contributed by atoms with Gasteiger partial charge < -0.3 is 9.88 Å². The lowest BCUT2D eigenvalue weighted by Gasteiger charge is -2.17. The van der Waals surface area contributed by atoms with Crippen LogP contribution >= 0.6 is 23.2 Å². The lowest BCUT2D eigenvalue weighted by atomic mass is 10.0. The molecular weight excluding hydrogens is 352 g/mol. The number of aryl methyl sites for hydroxylation is 1. The van der Waals surface area contributed by atoms with Gasteiger partial charge in [0.1, 0.15) is 0 Å². The Morgan fingerprint density at radius 1 is 1.29 bits per heavy atom. The van der Waals surface area contributed by atoms with Gasteiger partial charge in [-0.25, -0.2) is 4.98 Å². The van der Waals surface area contributed by atoms with Crippen molar-refractivity contribution in [2.45, 2.75) is 13.0 Å². The van der Waals surface area contributed by atoms with Gasteiger partial charge in [0.05, 0.1) is 16.8 Å². The summed E-state index contributed by atoms with van der Waals surface area (Å²) < 4.78 is 15.7. The van der Waals surface area contributed by atoms with Crippen LogP contribution in [-0.2, 0) is 11.8 Å². The van der Waals surface area contributed by atoms with Gasteiger partial charge in [-0.3, -0.25) is 4.79 Å². The molecule has 0 radical (unpaired) electrons. The summed E-state index contributed by atoms with van der Waals surface area (Å²) in [5.74, 6) is -1.03. The van der Waals surface area contributed by atoms with Gasteiger partial charge in [0.2, 0.25) is 11.9 Å². The van der Waals surface area contributed by atoms with Gasteiger partial charge in [0, 0.05) is 41.7 Å². The van der Waals surface area contributed by atoms with Crippen LogP contribution in [-0.4, -0.2) is 15.5 Å². The summed E-state index contributed by atoms with van der Waals surface area (Å²) in [7, 11) is 1.89. The number of carbonyl (C=O) groups excluding carboxylic acids is 1. The van der Waals surface area contributed by atoms with E-state index in [2.05, 4.69) is 10.3 Å². The molecule has 1 atom stereocenters. The van der Waals surface area contributed by atoms with Crippen LogP contribution < -0.4 is 5.32 Å². The zero-order chi connectivity index (χ0) is 17.4. The summed E-state index contributed by atoms with van der Waals surface area (Å²) in [6.45, 7) is 1.40. The van der Waals surface area contributed by atoms with E-state index in [1.165, 1.54) is 13.0 Å². The quantitative estimate of drug-likeness (QED) is 0.705. The highest BCUT2D eigenvalue weighted by atomic mass is 35.5. The molecule has 1 unspecified atom stereocenters. The number of hydrogen-bond acceptors (Lipinski definition) is 2. The number of halogens is 3. The molecular formula is C17H14Cl2FN3O. The first-order valence-corrected chi connectivity index (χ1v) is 7.96. The van der Waals surface area contributed by atoms with Crippen LogP contribution in [0.25, 0.3) is 10.9 Å². The summed E-state index contributed by atoms with van der Waals surface area (Å²) in [4.78, 5) is 15.6. The maximum absolute atomic E-state index is 13.8. The highest BCUT2D eigenvalue weighted by molar-refractivity contribution is 6.31. The average molecular weight is 366 g/mol. The molecule has 0 saturated heterocycles. The normalized spacial score (nSPS) is 12.4. The lowest BCUT2D eigenvalue weighted by Crippen LogP contribution is -2.27. The number of rotatable bonds is 3. The molecule has 3 rings (SSSR count). The molecule has 124 valence electrons. The number of nitrogens with zero attached hydrogens (tertiary/aromatic N) is 2. The van der Waals surface area contributed by atoms with Crippen molar-refractivity contribution in [1.82, 2.24) is 14.9 Å². The summed E-state index contributed by atoms with van der Waals surface area (Å²) >= 11 is 11.8. The molecule has 0 saturated carbocycles. The molecule has 0 bridgehead atoms. The fourth-order valence-electron chi connectivity index (χ4n) is 2.73. The minimum atomic E-state index is -0.775. The molecule has 2 aromatic heterocycles. The van der Waals surface area contributed by atoms with Crippen molar-refractivity contribution in [2.75, 3.05) is 0 Å². The molecule has 2 heterocycles. The smallest absolute Gasteiger partial charge is 0.231 e. The van der Waals surface area contributed by atoms with E-state index in [-0.39, 0.29) is 10.9 Å². The summed E-state index contributed by atoms with van der Waals surface area (Å²) in [5, 5.41) is 4.19. The van der Waals surface area contributed by atoms with Gasteiger partial charge in [-0.1, -0.05) is 23.2 Å². The zero-order valence-corrected chi connectivity index (χ0v) is 14.5. The second-order valence-electron chi connectivity index (χ2n) is 5.50. The van der Waals surface area contributed by atoms with Gasteiger partial charge in [-0.2, -0.15) is 4.39 Å². The Morgan fingerprint density at radius 2 is 2.04 bits per heavy atom. The van der Waals surface area contributed by atoms with Crippen LogP contribution in [0.1, 0.15) is 24.2 Å². The predicted octanol–water partition coefficient (Wildman–Crippen LogP) is 4.24. The van der Waals surface area contributed by atoms with Crippen molar-refractivity contribution in [3.8, 4) is 0 Å². The lowest BCUT2D eigenvalue weighted by molar-refractivity contribution is -0.119. The Balaban J connectivity index is 2.21. The minimum Gasteiger partial charge on any atom is -0.350 e. The standard InChI is InChI=1S/C17H14Cl2FN3O/c1-9(24)21-16(14-5-4-13(19)17(20)22-14)12-8-23(2)15-6-3-10(18)7-11(12)15/h3-8,16H,1-2H3,(H,21,24). The zero-order valence-electron chi connectivity index (χ0n) is 13.0. The third kappa shape index (κ3) is 3.09. The molecule has 0 fully saturated rings. The van der Waals surface area contributed by atoms with Crippen LogP contribution in [0, 0.1) is 5.95 Å². The van der Waals surface area contributed by atoms with Gasteiger partial charge in [0.15, 0.2) is 0 Å². The SMILES string of the molecule is CC(=O)NC(c1ccc(Cl)c(F)n1)c1cn(C)c2ccc(Cl)cc12. The van der Waals surface area contributed by atoms with Crippen molar-refractivity contribution in [3.63, 3.8) is 0 Å². The number of fused-ring (bicyclic) bond motifs is 1. The summed E-state index contributed by atoms with van der Waals surface area (Å²) in [5.41, 5.74) is 2.08. The van der Waals surface area contributed by atoms with Crippen LogP contribution in [0.5, 0.6) is 0 Å². The maximum atomic E-state index is 13.8. The number of aromatic nitrogens is 2. The molecule has 0 aliphatic carbocycles. The van der Waals surface area contributed by atoms with E-state index in [1.807, 2.05) is 29.9 Å². The van der Waals surface area contributed by atoms with Gasteiger partial charge >= 0.3 is 0 Å². The third-order valence-corrected chi connectivity index (χ3v) is 4.28. The third-order valence-electron chi connectivity index (χ3n) is 3.76. The van der Waals surface area contributed by atoms with Crippen molar-refractivity contribution < 1.29 is 9.18 Å². The van der Waals surface area contributed by atoms with E-state index >= 15 is 0 Å². The summed E-state index contributed by atoms with van der Waals surface area (Å²) in [6.07, 6.45) is 1.87. The molecule has 1 amide bonds. The second-order valence-corrected chi connectivity index (χ2v) is 6.34. The molecule has 1 aromatic carbocycles. The fourth-order valence-corrected chi connectivity index (χ4v) is 3.01. The molecule has 4 nitrogen and oxygen atoms in total. The molecule has 7 heteroatoms. The van der Waals surface area contributed by atoms with Gasteiger partial charge in [-0.15, -0.1) is 0 Å². The van der Waals surface area contributed by atoms with E-state index in [1.54, 1.807) is 12.1 Å². The Bertz CT molecular complexity index is 939. The van der Waals surface area contributed by atoms with E-state index in [0.29, 0.717) is 10.7 Å². The first-order chi connectivity index (χ1) is 11.4. The number of amides is 1. The van der Waals surface area contributed by atoms with Gasteiger partial charge in [-0.05, 0) is 30.3 Å². The second kappa shape index (κ2) is 6.42. The first kappa shape index (κ1) is 16.7. The van der Waals surface area contributed by atoms with Crippen molar-refractivity contribution in [1.29, 1.82) is 0 Å². The van der Waals surface area contributed by atoms with Gasteiger partial charge in [0.25, 0.3) is 0 Å². The highest BCUT2D eigenvalue weighted by Crippen LogP contribution is 2.32. The Labute approximate surface area is 148 Å². The summed E-state index contributed by atoms with van der Waals surface area (Å²) in [6, 6.07) is 7.90. The number of benzene rings is 1. The largest absolute Gasteiger partial charge is 0.350 e. The number of nitrogens with one attached hydrogen (secondary N) is 1. The average Bonchev–Trinajstić information content (AvgIpc) is 2.84. The van der Waals surface area contributed by atoms with E-state index in [9.17, 15) is 9.18 Å². The van der Waals surface area contributed by atoms with E-state index in [4.69, 9.17) is 23.2 Å². The molecule has 0 aliphatic heterocycles. The van der Waals surface area contributed by atoms with Crippen LogP contribution in [0.15, 0.2) is 36.5 Å². The van der Waals surface area contributed by atoms with Crippen LogP contribution in [0.4, 0.5) is 4.39 Å². The fraction of sp³-hybridized carbons (Fsp3) is 0.176. The maximum Gasteiger partial charge on any atom is 0.231 e. The Hall–Kier alpha value is -2.11. The molecule has 1 N–H and O–H groups in total. The minimum absolute atomic E-state index is 0.0683.